The van der Waals surface area contributed by atoms with E-state index in [1.165, 1.54) is 11.8 Å². The van der Waals surface area contributed by atoms with Crippen molar-refractivity contribution < 1.29 is 9.53 Å². The van der Waals surface area contributed by atoms with Crippen molar-refractivity contribution in [1.82, 2.24) is 4.90 Å². The summed E-state index contributed by atoms with van der Waals surface area (Å²) in [5.41, 5.74) is 3.13. The Morgan fingerprint density at radius 1 is 1.12 bits per heavy atom. The van der Waals surface area contributed by atoms with Gasteiger partial charge in [0, 0.05) is 42.5 Å². The molecule has 0 atom stereocenters. The molecule has 4 rings (SSSR count). The standard InChI is InChI=1S/C25H28ClN3O2S/c1-3-4-15-31-22-8-6-5-7-19(22)16-23-24(30)27-25(32-23)29-13-11-28(12-14-29)20-10-9-18(2)21(26)17-20/h5-10,16-17H,3-4,11-15H2,1-2H3/b23-16+. The minimum absolute atomic E-state index is 0.180. The van der Waals surface area contributed by atoms with E-state index >= 15 is 0 Å². The number of carbonyl (C=O) groups is 1. The highest BCUT2D eigenvalue weighted by Gasteiger charge is 2.29. The van der Waals surface area contributed by atoms with Crippen LogP contribution in [0.25, 0.3) is 6.08 Å². The summed E-state index contributed by atoms with van der Waals surface area (Å²) in [5, 5.41) is 1.58. The van der Waals surface area contributed by atoms with Gasteiger partial charge in [-0.2, -0.15) is 4.99 Å². The lowest BCUT2D eigenvalue weighted by atomic mass is 10.2. The van der Waals surface area contributed by atoms with Crippen molar-refractivity contribution in [3.8, 4) is 5.75 Å². The Hall–Kier alpha value is -2.44. The first-order valence-electron chi connectivity index (χ1n) is 11.1. The summed E-state index contributed by atoms with van der Waals surface area (Å²) in [6.07, 6.45) is 3.99. The maximum atomic E-state index is 12.6. The van der Waals surface area contributed by atoms with Gasteiger partial charge in [0.2, 0.25) is 0 Å². The van der Waals surface area contributed by atoms with Gasteiger partial charge >= 0.3 is 0 Å². The molecular weight excluding hydrogens is 442 g/mol. The molecule has 0 bridgehead atoms. The first-order chi connectivity index (χ1) is 15.5. The molecule has 2 aliphatic heterocycles. The maximum Gasteiger partial charge on any atom is 0.286 e. The highest BCUT2D eigenvalue weighted by Crippen LogP contribution is 2.33. The summed E-state index contributed by atoms with van der Waals surface area (Å²) in [6.45, 7) is 8.18. The van der Waals surface area contributed by atoms with Gasteiger partial charge in [-0.3, -0.25) is 4.79 Å². The molecule has 2 heterocycles. The largest absolute Gasteiger partial charge is 0.493 e. The molecular formula is C25H28ClN3O2S. The van der Waals surface area contributed by atoms with Crippen LogP contribution in [0.2, 0.25) is 5.02 Å². The van der Waals surface area contributed by atoms with Gasteiger partial charge in [-0.1, -0.05) is 49.2 Å². The Bertz CT molecular complexity index is 1050. The average molecular weight is 470 g/mol. The number of piperazine rings is 1. The zero-order valence-electron chi connectivity index (χ0n) is 18.5. The predicted molar refractivity (Wildman–Crippen MR) is 135 cm³/mol. The Morgan fingerprint density at radius 3 is 2.62 bits per heavy atom. The Labute approximate surface area is 199 Å². The number of aliphatic imine (C=N–C) groups is 1. The highest BCUT2D eigenvalue weighted by atomic mass is 35.5. The van der Waals surface area contributed by atoms with Crippen molar-refractivity contribution in [1.29, 1.82) is 0 Å². The van der Waals surface area contributed by atoms with Crippen LogP contribution in [0.15, 0.2) is 52.4 Å². The van der Waals surface area contributed by atoms with Gasteiger partial charge in [0.05, 0.1) is 11.5 Å². The number of carbonyl (C=O) groups excluding carboxylic acids is 1. The molecule has 0 saturated carbocycles. The molecule has 0 unspecified atom stereocenters. The van der Waals surface area contributed by atoms with E-state index in [1.807, 2.05) is 43.3 Å². The Kier molecular flexibility index (Phi) is 7.43. The maximum absolute atomic E-state index is 12.6. The lowest BCUT2D eigenvalue weighted by Gasteiger charge is -2.36. The summed E-state index contributed by atoms with van der Waals surface area (Å²) < 4.78 is 5.91. The number of para-hydroxylation sites is 1. The summed E-state index contributed by atoms with van der Waals surface area (Å²) in [7, 11) is 0. The van der Waals surface area contributed by atoms with Crippen LogP contribution < -0.4 is 9.64 Å². The van der Waals surface area contributed by atoms with Crippen molar-refractivity contribution in [2.45, 2.75) is 26.7 Å². The number of anilines is 1. The number of aryl methyl sites for hydroxylation is 1. The number of rotatable bonds is 6. The Morgan fingerprint density at radius 2 is 1.88 bits per heavy atom. The number of unbranched alkanes of at least 4 members (excludes halogenated alkanes) is 1. The lowest BCUT2D eigenvalue weighted by Crippen LogP contribution is -2.47. The minimum Gasteiger partial charge on any atom is -0.493 e. The molecule has 0 aliphatic carbocycles. The van der Waals surface area contributed by atoms with E-state index in [-0.39, 0.29) is 5.91 Å². The van der Waals surface area contributed by atoms with E-state index in [1.54, 1.807) is 0 Å². The van der Waals surface area contributed by atoms with Gasteiger partial charge in [-0.05, 0) is 54.9 Å². The third-order valence-corrected chi connectivity index (χ3v) is 7.09. The van der Waals surface area contributed by atoms with Crippen molar-refractivity contribution in [2.24, 2.45) is 4.99 Å². The van der Waals surface area contributed by atoms with Gasteiger partial charge in [-0.25, -0.2) is 0 Å². The third-order valence-electron chi connectivity index (χ3n) is 5.64. The molecule has 0 radical (unpaired) electrons. The molecule has 168 valence electrons. The van der Waals surface area contributed by atoms with E-state index in [0.29, 0.717) is 11.5 Å². The van der Waals surface area contributed by atoms with Crippen LogP contribution >= 0.6 is 23.4 Å². The molecule has 1 amide bonds. The molecule has 0 N–H and O–H groups in total. The van der Waals surface area contributed by atoms with Gasteiger partial charge < -0.3 is 14.5 Å². The molecule has 32 heavy (non-hydrogen) atoms. The van der Waals surface area contributed by atoms with Crippen LogP contribution in [0.1, 0.15) is 30.9 Å². The summed E-state index contributed by atoms with van der Waals surface area (Å²) in [4.78, 5) is 22.1. The number of hydrogen-bond acceptors (Lipinski definition) is 5. The molecule has 0 aromatic heterocycles. The SMILES string of the molecule is CCCCOc1ccccc1/C=C1/SC(N2CCN(c3ccc(C)c(Cl)c3)CC2)=NC1=O. The van der Waals surface area contributed by atoms with Crippen molar-refractivity contribution in [3.05, 3.63) is 63.5 Å². The number of amides is 1. The molecule has 2 aromatic rings. The smallest absolute Gasteiger partial charge is 0.286 e. The lowest BCUT2D eigenvalue weighted by molar-refractivity contribution is -0.113. The number of ether oxygens (including phenoxy) is 1. The van der Waals surface area contributed by atoms with Crippen molar-refractivity contribution in [3.63, 3.8) is 0 Å². The zero-order valence-corrected chi connectivity index (χ0v) is 20.1. The van der Waals surface area contributed by atoms with Crippen LogP contribution in [-0.4, -0.2) is 48.8 Å². The number of amidine groups is 1. The fourth-order valence-corrected chi connectivity index (χ4v) is 4.80. The molecule has 1 fully saturated rings. The second-order valence-corrected chi connectivity index (χ2v) is 9.37. The first-order valence-corrected chi connectivity index (χ1v) is 12.2. The van der Waals surface area contributed by atoms with Crippen molar-refractivity contribution in [2.75, 3.05) is 37.7 Å². The van der Waals surface area contributed by atoms with E-state index in [0.717, 1.165) is 71.8 Å². The van der Waals surface area contributed by atoms with Gasteiger partial charge in [-0.15, -0.1) is 0 Å². The second-order valence-electron chi connectivity index (χ2n) is 7.96. The topological polar surface area (TPSA) is 45.1 Å². The van der Waals surface area contributed by atoms with Gasteiger partial charge in [0.25, 0.3) is 5.91 Å². The number of thioether (sulfide) groups is 1. The predicted octanol–water partition coefficient (Wildman–Crippen LogP) is 5.62. The normalized spacial score (nSPS) is 17.8. The monoisotopic (exact) mass is 469 g/mol. The first kappa shape index (κ1) is 22.7. The molecule has 2 aliphatic rings. The van der Waals surface area contributed by atoms with Crippen LogP contribution in [0.4, 0.5) is 5.69 Å². The highest BCUT2D eigenvalue weighted by molar-refractivity contribution is 8.18. The van der Waals surface area contributed by atoms with Crippen LogP contribution in [0.3, 0.4) is 0 Å². The van der Waals surface area contributed by atoms with E-state index in [4.69, 9.17) is 16.3 Å². The minimum atomic E-state index is -0.180. The molecule has 0 spiro atoms. The van der Waals surface area contributed by atoms with Crippen LogP contribution in [0, 0.1) is 6.92 Å². The fourth-order valence-electron chi connectivity index (χ4n) is 3.67. The number of halogens is 1. The van der Waals surface area contributed by atoms with E-state index < -0.39 is 0 Å². The van der Waals surface area contributed by atoms with Gasteiger partial charge in [0.1, 0.15) is 5.75 Å². The molecule has 7 heteroatoms. The van der Waals surface area contributed by atoms with E-state index in [9.17, 15) is 4.79 Å². The third kappa shape index (κ3) is 5.30. The summed E-state index contributed by atoms with van der Waals surface area (Å²) in [6, 6.07) is 14.0. The number of hydrogen-bond donors (Lipinski definition) is 0. The zero-order chi connectivity index (χ0) is 22.5. The van der Waals surface area contributed by atoms with Crippen molar-refractivity contribution >= 4 is 46.2 Å². The summed E-state index contributed by atoms with van der Waals surface area (Å²) >= 11 is 7.75. The molecule has 5 nitrogen and oxygen atoms in total. The fraction of sp³-hybridized carbons (Fsp3) is 0.360. The molecule has 2 aromatic carbocycles. The quantitative estimate of drug-likeness (QED) is 0.406. The number of nitrogens with zero attached hydrogens (tertiary/aromatic N) is 3. The average Bonchev–Trinajstić information content (AvgIpc) is 3.17. The summed E-state index contributed by atoms with van der Waals surface area (Å²) in [5.74, 6) is 0.627. The molecule has 1 saturated heterocycles. The van der Waals surface area contributed by atoms with Crippen LogP contribution in [0.5, 0.6) is 5.75 Å². The van der Waals surface area contributed by atoms with Gasteiger partial charge in [0.15, 0.2) is 5.17 Å². The number of benzene rings is 2. The van der Waals surface area contributed by atoms with Crippen LogP contribution in [-0.2, 0) is 4.79 Å². The van der Waals surface area contributed by atoms with E-state index in [2.05, 4.69) is 33.8 Å². The second kappa shape index (κ2) is 10.5. The Balaban J connectivity index is 1.39.